The summed E-state index contributed by atoms with van der Waals surface area (Å²) in [4.78, 5) is 48.2. The average molecular weight is 564 g/mol. The number of nitrogens with one attached hydrogen (secondary N) is 3. The third-order valence-corrected chi connectivity index (χ3v) is 8.16. The van der Waals surface area contributed by atoms with Crippen LogP contribution in [0.25, 0.3) is 0 Å². The van der Waals surface area contributed by atoms with Crippen molar-refractivity contribution in [2.45, 2.75) is 49.3 Å². The number of ether oxygens (including phenoxy) is 1. The van der Waals surface area contributed by atoms with E-state index >= 15 is 0 Å². The van der Waals surface area contributed by atoms with Gasteiger partial charge in [0.25, 0.3) is 11.6 Å². The summed E-state index contributed by atoms with van der Waals surface area (Å²) in [6.45, 7) is 1.62. The van der Waals surface area contributed by atoms with Crippen molar-refractivity contribution in [1.82, 2.24) is 20.4 Å². The van der Waals surface area contributed by atoms with Gasteiger partial charge in [-0.05, 0) is 30.7 Å². The van der Waals surface area contributed by atoms with Crippen LogP contribution in [0.15, 0.2) is 53.5 Å². The Bertz CT molecular complexity index is 1490. The van der Waals surface area contributed by atoms with Gasteiger partial charge in [-0.3, -0.25) is 34.9 Å². The van der Waals surface area contributed by atoms with E-state index in [0.29, 0.717) is 5.75 Å². The predicted octanol–water partition coefficient (Wildman–Crippen LogP) is -3.21. The van der Waals surface area contributed by atoms with Crippen molar-refractivity contribution in [3.05, 3.63) is 59.7 Å². The molecule has 2 aromatic rings. The Morgan fingerprint density at radius 3 is 2.49 bits per heavy atom. The number of amides is 3. The Kier molecular flexibility index (Phi) is 6.12. The van der Waals surface area contributed by atoms with E-state index in [1.54, 1.807) is 30.3 Å². The summed E-state index contributed by atoms with van der Waals surface area (Å²) in [5, 5.41) is 29.0. The first-order valence-electron chi connectivity index (χ1n) is 13.2. The Labute approximate surface area is 234 Å². The first-order valence-corrected chi connectivity index (χ1v) is 13.2. The van der Waals surface area contributed by atoms with E-state index < -0.39 is 35.5 Å². The lowest BCUT2D eigenvalue weighted by molar-refractivity contribution is -0.521. The monoisotopic (exact) mass is 563 g/mol. The zero-order chi connectivity index (χ0) is 29.1. The fraction of sp³-hybridized carbons (Fsp3) is 0.370. The van der Waals surface area contributed by atoms with Crippen LogP contribution < -0.4 is 31.8 Å². The molecule has 2 aromatic carbocycles. The number of hydrogen-bond donors (Lipinski definition) is 7. The molecular weight excluding hydrogens is 532 g/mol. The second-order valence-electron chi connectivity index (χ2n) is 10.6. The van der Waals surface area contributed by atoms with Gasteiger partial charge in [-0.25, -0.2) is 10.3 Å². The van der Waals surface area contributed by atoms with Crippen molar-refractivity contribution in [2.75, 3.05) is 13.1 Å². The molecule has 9 N–H and O–H groups in total. The van der Waals surface area contributed by atoms with Crippen LogP contribution in [0.2, 0.25) is 0 Å². The number of aryl methyl sites for hydroxylation is 1. The van der Waals surface area contributed by atoms with Gasteiger partial charge in [0.2, 0.25) is 17.6 Å². The van der Waals surface area contributed by atoms with Crippen LogP contribution in [0.3, 0.4) is 0 Å². The summed E-state index contributed by atoms with van der Waals surface area (Å²) in [5.41, 5.74) is 11.7. The highest BCUT2D eigenvalue weighted by molar-refractivity contribution is 6.02. The van der Waals surface area contributed by atoms with Gasteiger partial charge in [0.15, 0.2) is 12.0 Å². The van der Waals surface area contributed by atoms with E-state index in [-0.39, 0.29) is 61.0 Å². The third-order valence-electron chi connectivity index (χ3n) is 8.16. The Hall–Kier alpha value is -4.69. The van der Waals surface area contributed by atoms with Crippen molar-refractivity contribution in [2.24, 2.45) is 16.5 Å². The quantitative estimate of drug-likeness (QED) is 0.138. The number of nitrogens with two attached hydrogens (primary N) is 2. The summed E-state index contributed by atoms with van der Waals surface area (Å²) in [7, 11) is 0. The number of benzene rings is 2. The van der Waals surface area contributed by atoms with Crippen molar-refractivity contribution in [1.29, 1.82) is 0 Å². The van der Waals surface area contributed by atoms with Crippen molar-refractivity contribution < 1.29 is 34.3 Å². The van der Waals surface area contributed by atoms with Crippen molar-refractivity contribution in [3.63, 3.8) is 0 Å². The van der Waals surface area contributed by atoms with E-state index in [9.17, 15) is 24.6 Å². The number of rotatable bonds is 6. The maximum absolute atomic E-state index is 13.6. The molecule has 0 saturated carbocycles. The molecule has 4 aliphatic rings. The lowest BCUT2D eigenvalue weighted by atomic mass is 9.84. The molecule has 0 bridgehead atoms. The fourth-order valence-corrected chi connectivity index (χ4v) is 6.10. The molecule has 1 spiro atoms. The van der Waals surface area contributed by atoms with E-state index in [1.807, 2.05) is 25.1 Å². The van der Waals surface area contributed by atoms with Crippen LogP contribution in [-0.4, -0.2) is 92.3 Å². The largest absolute Gasteiger partial charge is 0.456 e. The number of carbonyl (C=O) groups is 3. The Morgan fingerprint density at radius 1 is 1.12 bits per heavy atom. The molecule has 3 amide bonds. The zero-order valence-corrected chi connectivity index (χ0v) is 22.2. The van der Waals surface area contributed by atoms with E-state index in [4.69, 9.17) is 16.2 Å². The molecule has 214 valence electrons. The van der Waals surface area contributed by atoms with E-state index in [0.717, 1.165) is 10.5 Å². The van der Waals surface area contributed by atoms with Gasteiger partial charge in [-0.1, -0.05) is 30.3 Å². The normalized spacial score (nSPS) is 28.0. The molecular formula is C27H31N8O6+. The van der Waals surface area contributed by atoms with E-state index in [2.05, 4.69) is 20.6 Å². The third kappa shape index (κ3) is 4.05. The maximum Gasteiger partial charge on any atom is 0.343 e. The molecule has 41 heavy (non-hydrogen) atoms. The summed E-state index contributed by atoms with van der Waals surface area (Å²) < 4.78 is 6.03. The molecule has 6 rings (SSSR count). The highest BCUT2D eigenvalue weighted by Crippen LogP contribution is 2.41. The minimum absolute atomic E-state index is 0.0189. The minimum Gasteiger partial charge on any atom is -0.456 e. The molecule has 0 aliphatic carbocycles. The first kappa shape index (κ1) is 26.5. The number of likely N-dealkylation sites (tertiary alicyclic amines) is 1. The lowest BCUT2D eigenvalue weighted by Gasteiger charge is -2.46. The van der Waals surface area contributed by atoms with Crippen molar-refractivity contribution in [3.8, 4) is 11.5 Å². The number of aliphatic hydroxyl groups is 2. The number of para-hydroxylation sites is 2. The molecule has 14 nitrogen and oxygen atoms in total. The molecule has 0 radical (unpaired) electrons. The number of aliphatic imine (C=N–C) groups is 1. The van der Waals surface area contributed by atoms with Gasteiger partial charge in [-0.2, -0.15) is 0 Å². The van der Waals surface area contributed by atoms with E-state index in [1.165, 1.54) is 4.90 Å². The van der Waals surface area contributed by atoms with Crippen LogP contribution in [0.5, 0.6) is 11.5 Å². The number of carbonyl (C=O) groups excluding carboxylic acids is 3. The molecule has 2 unspecified atom stereocenters. The zero-order valence-electron chi connectivity index (χ0n) is 22.2. The van der Waals surface area contributed by atoms with Gasteiger partial charge in [0, 0.05) is 12.8 Å². The van der Waals surface area contributed by atoms with Crippen LogP contribution in [-0.2, 0) is 9.59 Å². The lowest BCUT2D eigenvalue weighted by Crippen LogP contribution is -2.90. The van der Waals surface area contributed by atoms with Gasteiger partial charge in [-0.15, -0.1) is 0 Å². The van der Waals surface area contributed by atoms with Crippen LogP contribution in [0, 0.1) is 6.92 Å². The highest BCUT2D eigenvalue weighted by atomic mass is 16.5. The summed E-state index contributed by atoms with van der Waals surface area (Å²) >= 11 is 0. The second-order valence-corrected chi connectivity index (χ2v) is 10.6. The molecule has 4 heterocycles. The van der Waals surface area contributed by atoms with Crippen LogP contribution in [0.1, 0.15) is 28.8 Å². The molecule has 4 aliphatic heterocycles. The first-order chi connectivity index (χ1) is 19.5. The Morgan fingerprint density at radius 2 is 1.78 bits per heavy atom. The smallest absolute Gasteiger partial charge is 0.343 e. The predicted molar refractivity (Wildman–Crippen MR) is 144 cm³/mol. The second kappa shape index (κ2) is 9.45. The van der Waals surface area contributed by atoms with Gasteiger partial charge in [0.05, 0.1) is 18.7 Å². The Balaban J connectivity index is 1.29. The summed E-state index contributed by atoms with van der Waals surface area (Å²) in [6, 6.07) is 10.9. The average Bonchev–Trinajstić information content (AvgIpc) is 3.53. The highest BCUT2D eigenvalue weighted by Gasteiger charge is 2.76. The molecule has 14 heteroatoms. The minimum atomic E-state index is -2.65. The molecule has 4 atom stereocenters. The van der Waals surface area contributed by atoms with Crippen molar-refractivity contribution >= 4 is 29.6 Å². The molecule has 2 saturated heterocycles. The number of guanidine groups is 2. The van der Waals surface area contributed by atoms with Crippen LogP contribution >= 0.6 is 0 Å². The SMILES string of the molecule is Cc1ccccc1Oc1ccccc1C(=O)NC1CN2C(N)=N[C@@H](CN3C(=O)CCC3=O)[C@@H]3[NH+]=C(N)NC32C1(O)O. The van der Waals surface area contributed by atoms with Gasteiger partial charge < -0.3 is 26.0 Å². The maximum atomic E-state index is 13.6. The standard InChI is InChI=1S/C27H30N8O6/c1-14-6-2-4-8-17(14)41-18-9-5-3-7-15(18)23(38)31-19-13-35-25(29)30-16(12-34-20(36)10-11-21(34)37)22-26(35,27(19,39)40)33-24(28)32-22/h2-9,16,19,22,39-40H,10-13H2,1H3,(H2,29,30)(H,31,38)(H3,28,32,33)/p+1/t16-,19?,22-,26?/m0/s1. The number of hydrogen-bond acceptors (Lipinski definition) is 11. The van der Waals surface area contributed by atoms with Gasteiger partial charge >= 0.3 is 5.96 Å². The summed E-state index contributed by atoms with van der Waals surface area (Å²) in [6.07, 6.45) is 0.194. The topological polar surface area (TPSA) is 210 Å². The van der Waals surface area contributed by atoms with Gasteiger partial charge in [0.1, 0.15) is 23.6 Å². The summed E-state index contributed by atoms with van der Waals surface area (Å²) in [5.74, 6) is -3.13. The number of imide groups is 1. The molecule has 0 aromatic heterocycles. The molecule has 2 fully saturated rings. The fourth-order valence-electron chi connectivity index (χ4n) is 6.10. The number of nitrogens with zero attached hydrogens (tertiary/aromatic N) is 3. The van der Waals surface area contributed by atoms with Crippen LogP contribution in [0.4, 0.5) is 0 Å².